The summed E-state index contributed by atoms with van der Waals surface area (Å²) < 4.78 is 38.3. The molecule has 4 nitrogen and oxygen atoms in total. The largest absolute Gasteiger partial charge is 0.416 e. The number of hydrogen-bond donors (Lipinski definition) is 1. The number of carbonyl (C=O) groups excluding carboxylic acids is 2. The first kappa shape index (κ1) is 19.3. The van der Waals surface area contributed by atoms with Crippen LogP contribution in [0.2, 0.25) is 0 Å². The number of benzene rings is 2. The van der Waals surface area contributed by atoms with Gasteiger partial charge in [-0.25, -0.2) is 0 Å². The Morgan fingerprint density at radius 1 is 1.15 bits per heavy atom. The molecule has 1 aliphatic rings. The van der Waals surface area contributed by atoms with Crippen LogP contribution in [-0.2, 0) is 15.8 Å². The summed E-state index contributed by atoms with van der Waals surface area (Å²) in [4.78, 5) is 25.3. The van der Waals surface area contributed by atoms with Crippen LogP contribution in [0.25, 0.3) is 0 Å². The monoisotopic (exact) mass is 394 g/mol. The molecule has 1 saturated heterocycles. The summed E-state index contributed by atoms with van der Waals surface area (Å²) in [5, 5.41) is 2.42. The Morgan fingerprint density at radius 3 is 2.33 bits per heavy atom. The van der Waals surface area contributed by atoms with Gasteiger partial charge in [-0.1, -0.05) is 19.1 Å². The van der Waals surface area contributed by atoms with Crippen molar-refractivity contribution in [1.29, 1.82) is 0 Å². The maximum Gasteiger partial charge on any atom is 0.416 e. The fraction of sp³-hybridized carbons (Fsp3) is 0.263. The van der Waals surface area contributed by atoms with Crippen LogP contribution >= 0.6 is 11.8 Å². The van der Waals surface area contributed by atoms with Crippen molar-refractivity contribution in [3.63, 3.8) is 0 Å². The molecule has 2 aromatic rings. The van der Waals surface area contributed by atoms with Crippen LogP contribution in [0.15, 0.2) is 48.5 Å². The van der Waals surface area contributed by atoms with E-state index in [4.69, 9.17) is 0 Å². The van der Waals surface area contributed by atoms with Crippen molar-refractivity contribution in [1.82, 2.24) is 0 Å². The molecule has 0 radical (unpaired) electrons. The zero-order chi connectivity index (χ0) is 19.6. The van der Waals surface area contributed by atoms with E-state index in [-0.39, 0.29) is 22.9 Å². The van der Waals surface area contributed by atoms with Crippen molar-refractivity contribution in [2.24, 2.45) is 0 Å². The Kier molecular flexibility index (Phi) is 5.46. The molecule has 8 heteroatoms. The molecule has 1 unspecified atom stereocenters. The summed E-state index contributed by atoms with van der Waals surface area (Å²) in [7, 11) is 0. The molecule has 27 heavy (non-hydrogen) atoms. The molecule has 2 amide bonds. The zero-order valence-electron chi connectivity index (χ0n) is 14.4. The molecule has 1 fully saturated rings. The molecule has 0 aromatic heterocycles. The van der Waals surface area contributed by atoms with Crippen molar-refractivity contribution < 1.29 is 22.8 Å². The lowest BCUT2D eigenvalue weighted by molar-refractivity contribution is -0.137. The minimum atomic E-state index is -4.42. The number of alkyl halides is 3. The lowest BCUT2D eigenvalue weighted by atomic mass is 10.1. The molecule has 0 saturated carbocycles. The number of halogens is 3. The molecule has 1 atom stereocenters. The topological polar surface area (TPSA) is 49.4 Å². The first-order chi connectivity index (χ1) is 12.8. The van der Waals surface area contributed by atoms with Gasteiger partial charge in [-0.2, -0.15) is 13.2 Å². The smallest absolute Gasteiger partial charge is 0.326 e. The second kappa shape index (κ2) is 7.64. The fourth-order valence-electron chi connectivity index (χ4n) is 2.74. The van der Waals surface area contributed by atoms with Gasteiger partial charge in [-0.3, -0.25) is 14.5 Å². The van der Waals surface area contributed by atoms with Crippen molar-refractivity contribution in [2.75, 3.05) is 16.0 Å². The van der Waals surface area contributed by atoms with Gasteiger partial charge in [0.15, 0.2) is 0 Å². The number of hydrogen-bond acceptors (Lipinski definition) is 3. The van der Waals surface area contributed by atoms with Crippen molar-refractivity contribution in [3.8, 4) is 0 Å². The maximum atomic E-state index is 12.8. The number of rotatable bonds is 4. The number of carbonyl (C=O) groups is 2. The normalized spacial score (nSPS) is 17.3. The highest BCUT2D eigenvalue weighted by Crippen LogP contribution is 2.42. The van der Waals surface area contributed by atoms with Gasteiger partial charge < -0.3 is 5.32 Å². The lowest BCUT2D eigenvalue weighted by Gasteiger charge is -2.25. The van der Waals surface area contributed by atoms with Gasteiger partial charge in [0, 0.05) is 17.8 Å². The van der Waals surface area contributed by atoms with Gasteiger partial charge in [-0.15, -0.1) is 11.8 Å². The Balaban J connectivity index is 1.83. The van der Waals surface area contributed by atoms with E-state index in [1.807, 2.05) is 0 Å². The predicted octanol–water partition coefficient (Wildman–Crippen LogP) is 4.83. The Labute approximate surface area is 158 Å². The SMILES string of the molecule is CCC(=O)Nc1ccc(C2SCC(=O)N2c2ccc(C(F)(F)F)cc2)cc1. The number of nitrogens with one attached hydrogen (secondary N) is 1. The highest BCUT2D eigenvalue weighted by Gasteiger charge is 2.35. The van der Waals surface area contributed by atoms with E-state index in [9.17, 15) is 22.8 Å². The summed E-state index contributed by atoms with van der Waals surface area (Å²) in [5.74, 6) is -0.00678. The van der Waals surface area contributed by atoms with Crippen LogP contribution in [0.1, 0.15) is 29.8 Å². The van der Waals surface area contributed by atoms with E-state index in [2.05, 4.69) is 5.32 Å². The third-order valence-corrected chi connectivity index (χ3v) is 5.35. The summed E-state index contributed by atoms with van der Waals surface area (Å²) in [6.07, 6.45) is -4.04. The number of anilines is 2. The van der Waals surface area contributed by atoms with Crippen molar-refractivity contribution in [2.45, 2.75) is 24.9 Å². The van der Waals surface area contributed by atoms with E-state index in [1.54, 1.807) is 31.2 Å². The average Bonchev–Trinajstić information content (AvgIpc) is 3.03. The van der Waals surface area contributed by atoms with Crippen LogP contribution in [-0.4, -0.2) is 17.6 Å². The standard InChI is InChI=1S/C19H17F3N2O2S/c1-2-16(25)23-14-7-3-12(4-8-14)18-24(17(26)11-27-18)15-9-5-13(6-10-15)19(20,21)22/h3-10,18H,2,11H2,1H3,(H,23,25). The lowest BCUT2D eigenvalue weighted by Crippen LogP contribution is -2.27. The van der Waals surface area contributed by atoms with E-state index in [1.165, 1.54) is 28.8 Å². The molecule has 0 bridgehead atoms. The van der Waals surface area contributed by atoms with E-state index in [0.29, 0.717) is 17.8 Å². The van der Waals surface area contributed by atoms with E-state index < -0.39 is 11.7 Å². The van der Waals surface area contributed by atoms with Gasteiger partial charge in [0.2, 0.25) is 11.8 Å². The minimum absolute atomic E-state index is 0.0976. The third-order valence-electron chi connectivity index (χ3n) is 4.14. The highest BCUT2D eigenvalue weighted by atomic mass is 32.2. The molecule has 3 rings (SSSR count). The Hall–Kier alpha value is -2.48. The predicted molar refractivity (Wildman–Crippen MR) is 99.5 cm³/mol. The van der Waals surface area contributed by atoms with Crippen molar-refractivity contribution >= 4 is 35.0 Å². The van der Waals surface area contributed by atoms with Gasteiger partial charge >= 0.3 is 6.18 Å². The number of thioether (sulfide) groups is 1. The van der Waals surface area contributed by atoms with Crippen LogP contribution < -0.4 is 10.2 Å². The first-order valence-electron chi connectivity index (χ1n) is 8.30. The molecular formula is C19H17F3N2O2S. The second-order valence-electron chi connectivity index (χ2n) is 6.00. The third kappa shape index (κ3) is 4.27. The molecular weight excluding hydrogens is 377 g/mol. The molecule has 2 aromatic carbocycles. The van der Waals surface area contributed by atoms with E-state index >= 15 is 0 Å². The Bertz CT molecular complexity index is 836. The van der Waals surface area contributed by atoms with E-state index in [0.717, 1.165) is 17.7 Å². The summed E-state index contributed by atoms with van der Waals surface area (Å²) >= 11 is 1.41. The van der Waals surface area contributed by atoms with Crippen LogP contribution in [0.4, 0.5) is 24.5 Å². The first-order valence-corrected chi connectivity index (χ1v) is 9.35. The minimum Gasteiger partial charge on any atom is -0.326 e. The summed E-state index contributed by atoms with van der Waals surface area (Å²) in [6.45, 7) is 1.76. The van der Waals surface area contributed by atoms with Crippen LogP contribution in [0.5, 0.6) is 0 Å². The second-order valence-corrected chi connectivity index (χ2v) is 7.06. The molecule has 1 N–H and O–H groups in total. The van der Waals surface area contributed by atoms with Gasteiger partial charge in [0.05, 0.1) is 11.3 Å². The zero-order valence-corrected chi connectivity index (χ0v) is 15.2. The maximum absolute atomic E-state index is 12.8. The molecule has 142 valence electrons. The van der Waals surface area contributed by atoms with Crippen molar-refractivity contribution in [3.05, 3.63) is 59.7 Å². The number of nitrogens with zero attached hydrogens (tertiary/aromatic N) is 1. The molecule has 1 aliphatic heterocycles. The summed E-state index contributed by atoms with van der Waals surface area (Å²) in [6, 6.07) is 11.7. The van der Waals surface area contributed by atoms with Gasteiger partial charge in [0.1, 0.15) is 5.37 Å². The van der Waals surface area contributed by atoms with Gasteiger partial charge in [0.25, 0.3) is 0 Å². The molecule has 0 aliphatic carbocycles. The fourth-order valence-corrected chi connectivity index (χ4v) is 3.92. The Morgan fingerprint density at radius 2 is 1.78 bits per heavy atom. The highest BCUT2D eigenvalue weighted by molar-refractivity contribution is 8.00. The average molecular weight is 394 g/mol. The number of amides is 2. The summed E-state index contributed by atoms with van der Waals surface area (Å²) in [5.41, 5.74) is 1.16. The molecule has 0 spiro atoms. The van der Waals surface area contributed by atoms with Gasteiger partial charge in [-0.05, 0) is 42.0 Å². The van der Waals surface area contributed by atoms with Crippen LogP contribution in [0, 0.1) is 0 Å². The quantitative estimate of drug-likeness (QED) is 0.808. The molecule has 1 heterocycles. The van der Waals surface area contributed by atoms with Crippen LogP contribution in [0.3, 0.4) is 0 Å².